The Morgan fingerprint density at radius 3 is 2.22 bits per heavy atom. The SMILES string of the molecule is CC(C)CNC(C)(C(N)=O)c1cc(F)cc(F)c1. The van der Waals surface area contributed by atoms with Gasteiger partial charge in [-0.1, -0.05) is 13.8 Å². The molecule has 1 unspecified atom stereocenters. The first-order chi connectivity index (χ1) is 8.25. The molecule has 18 heavy (non-hydrogen) atoms. The maximum Gasteiger partial charge on any atom is 0.242 e. The van der Waals surface area contributed by atoms with Crippen molar-refractivity contribution in [1.29, 1.82) is 0 Å². The molecule has 0 heterocycles. The van der Waals surface area contributed by atoms with Gasteiger partial charge in [0.15, 0.2) is 0 Å². The second kappa shape index (κ2) is 5.44. The van der Waals surface area contributed by atoms with Gasteiger partial charge in [0.1, 0.15) is 17.2 Å². The van der Waals surface area contributed by atoms with Crippen molar-refractivity contribution in [3.05, 3.63) is 35.4 Å². The predicted molar refractivity (Wildman–Crippen MR) is 65.7 cm³/mol. The van der Waals surface area contributed by atoms with Crippen LogP contribution >= 0.6 is 0 Å². The molecular formula is C13H18F2N2O. The number of carbonyl (C=O) groups excluding carboxylic acids is 1. The van der Waals surface area contributed by atoms with Crippen LogP contribution in [0.15, 0.2) is 18.2 Å². The summed E-state index contributed by atoms with van der Waals surface area (Å²) in [6, 6.07) is 2.98. The standard InChI is InChI=1S/C13H18F2N2O/c1-8(2)7-17-13(3,12(16)18)9-4-10(14)6-11(15)5-9/h4-6,8,17H,7H2,1-3H3,(H2,16,18). The largest absolute Gasteiger partial charge is 0.368 e. The number of nitrogens with one attached hydrogen (secondary N) is 1. The zero-order chi connectivity index (χ0) is 13.9. The Bertz CT molecular complexity index is 428. The summed E-state index contributed by atoms with van der Waals surface area (Å²) in [7, 11) is 0. The van der Waals surface area contributed by atoms with Gasteiger partial charge in [-0.05, 0) is 37.1 Å². The molecule has 0 aliphatic rings. The summed E-state index contributed by atoms with van der Waals surface area (Å²) >= 11 is 0. The Labute approximate surface area is 105 Å². The number of nitrogens with two attached hydrogens (primary N) is 1. The van der Waals surface area contributed by atoms with Gasteiger partial charge in [0, 0.05) is 6.07 Å². The van der Waals surface area contributed by atoms with Crippen molar-refractivity contribution in [2.24, 2.45) is 11.7 Å². The highest BCUT2D eigenvalue weighted by Crippen LogP contribution is 2.22. The van der Waals surface area contributed by atoms with E-state index in [1.54, 1.807) is 0 Å². The van der Waals surface area contributed by atoms with Crippen molar-refractivity contribution in [3.63, 3.8) is 0 Å². The smallest absolute Gasteiger partial charge is 0.242 e. The highest BCUT2D eigenvalue weighted by atomic mass is 19.1. The summed E-state index contributed by atoms with van der Waals surface area (Å²) in [4.78, 5) is 11.6. The van der Waals surface area contributed by atoms with Gasteiger partial charge in [-0.2, -0.15) is 0 Å². The fourth-order valence-electron chi connectivity index (χ4n) is 1.58. The molecule has 0 aromatic heterocycles. The molecule has 1 amide bonds. The minimum absolute atomic E-state index is 0.188. The number of hydrogen-bond donors (Lipinski definition) is 2. The molecule has 0 spiro atoms. The average Bonchev–Trinajstić information content (AvgIpc) is 2.24. The number of carbonyl (C=O) groups is 1. The normalized spacial score (nSPS) is 14.6. The molecule has 0 saturated carbocycles. The van der Waals surface area contributed by atoms with Gasteiger partial charge in [-0.25, -0.2) is 8.78 Å². The molecular weight excluding hydrogens is 238 g/mol. The van der Waals surface area contributed by atoms with Gasteiger partial charge in [0.25, 0.3) is 0 Å². The van der Waals surface area contributed by atoms with E-state index in [4.69, 9.17) is 5.73 Å². The van der Waals surface area contributed by atoms with Crippen LogP contribution in [0.2, 0.25) is 0 Å². The monoisotopic (exact) mass is 256 g/mol. The Kier molecular flexibility index (Phi) is 4.40. The molecule has 1 aromatic carbocycles. The molecule has 0 fully saturated rings. The topological polar surface area (TPSA) is 55.1 Å². The molecule has 0 bridgehead atoms. The van der Waals surface area contributed by atoms with E-state index in [9.17, 15) is 13.6 Å². The number of rotatable bonds is 5. The minimum atomic E-state index is -1.28. The molecule has 3 N–H and O–H groups in total. The van der Waals surface area contributed by atoms with Crippen LogP contribution in [0, 0.1) is 17.6 Å². The number of primary amides is 1. The maximum atomic E-state index is 13.2. The van der Waals surface area contributed by atoms with Crippen molar-refractivity contribution < 1.29 is 13.6 Å². The van der Waals surface area contributed by atoms with Gasteiger partial charge in [-0.15, -0.1) is 0 Å². The van der Waals surface area contributed by atoms with Crippen molar-refractivity contribution in [2.75, 3.05) is 6.54 Å². The van der Waals surface area contributed by atoms with Crippen LogP contribution in [0.4, 0.5) is 8.78 Å². The van der Waals surface area contributed by atoms with Crippen LogP contribution < -0.4 is 11.1 Å². The molecule has 0 aliphatic heterocycles. The molecule has 1 rings (SSSR count). The van der Waals surface area contributed by atoms with Crippen LogP contribution in [-0.4, -0.2) is 12.5 Å². The highest BCUT2D eigenvalue weighted by molar-refractivity contribution is 5.85. The van der Waals surface area contributed by atoms with E-state index in [2.05, 4.69) is 5.32 Å². The van der Waals surface area contributed by atoms with Gasteiger partial charge < -0.3 is 5.73 Å². The van der Waals surface area contributed by atoms with Crippen LogP contribution in [0.1, 0.15) is 26.3 Å². The molecule has 3 nitrogen and oxygen atoms in total. The minimum Gasteiger partial charge on any atom is -0.368 e. The van der Waals surface area contributed by atoms with Crippen molar-refractivity contribution in [3.8, 4) is 0 Å². The first-order valence-corrected chi connectivity index (χ1v) is 5.77. The van der Waals surface area contributed by atoms with Gasteiger partial charge in [0.05, 0.1) is 0 Å². The quantitative estimate of drug-likeness (QED) is 0.845. The first-order valence-electron chi connectivity index (χ1n) is 5.77. The lowest BCUT2D eigenvalue weighted by Gasteiger charge is -2.29. The second-order valence-electron chi connectivity index (χ2n) is 4.92. The zero-order valence-corrected chi connectivity index (χ0v) is 10.8. The van der Waals surface area contributed by atoms with Crippen LogP contribution in [0.3, 0.4) is 0 Å². The lowest BCUT2D eigenvalue weighted by Crippen LogP contribution is -2.51. The summed E-state index contributed by atoms with van der Waals surface area (Å²) < 4.78 is 26.4. The van der Waals surface area contributed by atoms with E-state index in [0.29, 0.717) is 6.54 Å². The Morgan fingerprint density at radius 2 is 1.83 bits per heavy atom. The van der Waals surface area contributed by atoms with Gasteiger partial charge in [0.2, 0.25) is 5.91 Å². The molecule has 100 valence electrons. The first kappa shape index (κ1) is 14.6. The van der Waals surface area contributed by atoms with E-state index < -0.39 is 23.1 Å². The zero-order valence-electron chi connectivity index (χ0n) is 10.8. The summed E-state index contributed by atoms with van der Waals surface area (Å²) in [6.07, 6.45) is 0. The summed E-state index contributed by atoms with van der Waals surface area (Å²) in [5.74, 6) is -1.86. The molecule has 0 saturated heterocycles. The van der Waals surface area contributed by atoms with E-state index in [1.807, 2.05) is 13.8 Å². The molecule has 5 heteroatoms. The average molecular weight is 256 g/mol. The summed E-state index contributed by atoms with van der Waals surface area (Å²) in [5, 5.41) is 2.96. The second-order valence-corrected chi connectivity index (χ2v) is 4.92. The third kappa shape index (κ3) is 3.26. The molecule has 0 radical (unpaired) electrons. The molecule has 0 aliphatic carbocycles. The van der Waals surface area contributed by atoms with E-state index >= 15 is 0 Å². The van der Waals surface area contributed by atoms with E-state index in [1.165, 1.54) is 6.92 Å². The maximum absolute atomic E-state index is 13.2. The van der Waals surface area contributed by atoms with Crippen molar-refractivity contribution in [1.82, 2.24) is 5.32 Å². The number of hydrogen-bond acceptors (Lipinski definition) is 2. The Morgan fingerprint density at radius 1 is 1.33 bits per heavy atom. The molecule has 1 atom stereocenters. The number of benzene rings is 1. The fourth-order valence-corrected chi connectivity index (χ4v) is 1.58. The van der Waals surface area contributed by atoms with Crippen LogP contribution in [0.25, 0.3) is 0 Å². The van der Waals surface area contributed by atoms with E-state index in [-0.39, 0.29) is 11.5 Å². The number of amides is 1. The van der Waals surface area contributed by atoms with Crippen LogP contribution in [-0.2, 0) is 10.3 Å². The van der Waals surface area contributed by atoms with E-state index in [0.717, 1.165) is 18.2 Å². The van der Waals surface area contributed by atoms with Crippen molar-refractivity contribution >= 4 is 5.91 Å². The van der Waals surface area contributed by atoms with Crippen molar-refractivity contribution in [2.45, 2.75) is 26.3 Å². The highest BCUT2D eigenvalue weighted by Gasteiger charge is 2.33. The summed E-state index contributed by atoms with van der Waals surface area (Å²) in [5.41, 5.74) is 4.25. The van der Waals surface area contributed by atoms with Crippen LogP contribution in [0.5, 0.6) is 0 Å². The molecule has 1 aromatic rings. The van der Waals surface area contributed by atoms with Gasteiger partial charge in [-0.3, -0.25) is 10.1 Å². The lowest BCUT2D eigenvalue weighted by molar-refractivity contribution is -0.124. The Balaban J connectivity index is 3.14. The third-order valence-corrected chi connectivity index (χ3v) is 2.80. The fraction of sp³-hybridized carbons (Fsp3) is 0.462. The third-order valence-electron chi connectivity index (χ3n) is 2.80. The Hall–Kier alpha value is -1.49. The summed E-state index contributed by atoms with van der Waals surface area (Å²) in [6.45, 7) is 5.95. The number of halogens is 2. The lowest BCUT2D eigenvalue weighted by atomic mass is 9.90. The van der Waals surface area contributed by atoms with Gasteiger partial charge >= 0.3 is 0 Å². The predicted octanol–water partition coefficient (Wildman–Crippen LogP) is 1.91.